The zero-order valence-electron chi connectivity index (χ0n) is 9.27. The number of rotatable bonds is 7. The lowest BCUT2D eigenvalue weighted by Crippen LogP contribution is -2.23. The monoisotopic (exact) mass is 230 g/mol. The van der Waals surface area contributed by atoms with E-state index in [0.717, 1.165) is 18.8 Å². The van der Waals surface area contributed by atoms with E-state index >= 15 is 0 Å². The third kappa shape index (κ3) is 4.70. The van der Waals surface area contributed by atoms with Gasteiger partial charge in [-0.25, -0.2) is 4.98 Å². The Morgan fingerprint density at radius 1 is 1.53 bits per heavy atom. The van der Waals surface area contributed by atoms with Crippen LogP contribution >= 0.6 is 11.3 Å². The second-order valence-corrected chi connectivity index (χ2v) is 4.37. The number of likely N-dealkylation sites (N-methyl/N-ethyl adjacent to an activating group) is 1. The van der Waals surface area contributed by atoms with Crippen molar-refractivity contribution in [2.75, 3.05) is 33.4 Å². The van der Waals surface area contributed by atoms with Gasteiger partial charge in [0.1, 0.15) is 0 Å². The van der Waals surface area contributed by atoms with Gasteiger partial charge >= 0.3 is 0 Å². The highest BCUT2D eigenvalue weighted by Crippen LogP contribution is 2.13. The summed E-state index contributed by atoms with van der Waals surface area (Å²) in [7, 11) is 2.06. The summed E-state index contributed by atoms with van der Waals surface area (Å²) in [6.45, 7) is 5.00. The first kappa shape index (κ1) is 12.6. The van der Waals surface area contributed by atoms with Crippen LogP contribution in [0.4, 0.5) is 0 Å². The predicted molar refractivity (Wildman–Crippen MR) is 61.1 cm³/mol. The van der Waals surface area contributed by atoms with Crippen molar-refractivity contribution < 1.29 is 9.84 Å². The van der Waals surface area contributed by atoms with Gasteiger partial charge in [-0.05, 0) is 14.0 Å². The van der Waals surface area contributed by atoms with E-state index in [0.29, 0.717) is 13.2 Å². The molecular formula is C10H18N2O2S. The van der Waals surface area contributed by atoms with E-state index in [2.05, 4.69) is 16.9 Å². The molecule has 1 rings (SSSR count). The molecule has 1 aromatic rings. The molecule has 0 atom stereocenters. The second kappa shape index (κ2) is 6.90. The quantitative estimate of drug-likeness (QED) is 0.707. The molecule has 0 aliphatic heterocycles. The smallest absolute Gasteiger partial charge is 0.0798 e. The molecule has 0 saturated heterocycles. The second-order valence-electron chi connectivity index (χ2n) is 3.43. The Balaban J connectivity index is 2.18. The van der Waals surface area contributed by atoms with Crippen LogP contribution in [0.2, 0.25) is 0 Å². The molecule has 15 heavy (non-hydrogen) atoms. The Hall–Kier alpha value is -0.490. The minimum atomic E-state index is 0.0949. The van der Waals surface area contributed by atoms with Gasteiger partial charge in [-0.1, -0.05) is 0 Å². The molecule has 0 aliphatic rings. The Kier molecular flexibility index (Phi) is 5.78. The molecular weight excluding hydrogens is 212 g/mol. The van der Waals surface area contributed by atoms with Crippen molar-refractivity contribution >= 4 is 11.3 Å². The summed E-state index contributed by atoms with van der Waals surface area (Å²) in [5.41, 5.74) is 2.99. The number of ether oxygens (including phenoxy) is 1. The third-order valence-corrected chi connectivity index (χ3v) is 3.03. The van der Waals surface area contributed by atoms with Crippen molar-refractivity contribution in [3.63, 3.8) is 0 Å². The lowest BCUT2D eigenvalue weighted by Gasteiger charge is -2.15. The number of aliphatic hydroxyl groups is 1. The molecule has 86 valence electrons. The van der Waals surface area contributed by atoms with Gasteiger partial charge in [0.2, 0.25) is 0 Å². The number of thiazole rings is 1. The zero-order chi connectivity index (χ0) is 11.1. The molecule has 0 fully saturated rings. The maximum absolute atomic E-state index is 8.53. The van der Waals surface area contributed by atoms with Crippen molar-refractivity contribution in [1.29, 1.82) is 0 Å². The number of aliphatic hydroxyl groups excluding tert-OH is 1. The fourth-order valence-corrected chi connectivity index (χ4v) is 2.05. The van der Waals surface area contributed by atoms with E-state index in [9.17, 15) is 0 Å². The average molecular weight is 230 g/mol. The summed E-state index contributed by atoms with van der Waals surface area (Å²) < 4.78 is 5.20. The average Bonchev–Trinajstić information content (AvgIpc) is 2.59. The molecule has 5 heteroatoms. The van der Waals surface area contributed by atoms with E-state index < -0.39 is 0 Å². The van der Waals surface area contributed by atoms with Gasteiger partial charge in [-0.15, -0.1) is 11.3 Å². The van der Waals surface area contributed by atoms with Crippen LogP contribution in [-0.2, 0) is 11.3 Å². The van der Waals surface area contributed by atoms with Crippen LogP contribution < -0.4 is 0 Å². The third-order valence-electron chi connectivity index (χ3n) is 2.11. The maximum atomic E-state index is 8.53. The van der Waals surface area contributed by atoms with E-state index in [1.807, 2.05) is 12.4 Å². The molecule has 0 bridgehead atoms. The van der Waals surface area contributed by atoms with Gasteiger partial charge in [0, 0.05) is 18.0 Å². The van der Waals surface area contributed by atoms with Gasteiger partial charge in [0.15, 0.2) is 0 Å². The topological polar surface area (TPSA) is 45.6 Å². The SMILES string of the molecule is Cc1ncsc1CN(C)CCOCCO. The largest absolute Gasteiger partial charge is 0.394 e. The Morgan fingerprint density at radius 3 is 2.93 bits per heavy atom. The molecule has 1 heterocycles. The number of aromatic nitrogens is 1. The fourth-order valence-electron chi connectivity index (χ4n) is 1.19. The molecule has 0 saturated carbocycles. The van der Waals surface area contributed by atoms with Gasteiger partial charge < -0.3 is 9.84 Å². The number of hydrogen-bond acceptors (Lipinski definition) is 5. The summed E-state index contributed by atoms with van der Waals surface area (Å²) in [6, 6.07) is 0. The minimum absolute atomic E-state index is 0.0949. The van der Waals surface area contributed by atoms with Crippen LogP contribution in [0.15, 0.2) is 5.51 Å². The standard InChI is InChI=1S/C10H18N2O2S/c1-9-10(15-8-11-9)7-12(2)3-5-14-6-4-13/h8,13H,3-7H2,1-2H3. The van der Waals surface area contributed by atoms with E-state index in [1.165, 1.54) is 4.88 Å². The number of hydrogen-bond donors (Lipinski definition) is 1. The lowest BCUT2D eigenvalue weighted by atomic mass is 10.4. The van der Waals surface area contributed by atoms with Crippen LogP contribution in [0.3, 0.4) is 0 Å². The van der Waals surface area contributed by atoms with Crippen molar-refractivity contribution in [2.45, 2.75) is 13.5 Å². The summed E-state index contributed by atoms with van der Waals surface area (Å²) in [6.07, 6.45) is 0. The van der Waals surface area contributed by atoms with Crippen LogP contribution in [0.1, 0.15) is 10.6 Å². The van der Waals surface area contributed by atoms with Gasteiger partial charge in [0.05, 0.1) is 31.0 Å². The Labute approximate surface area is 94.5 Å². The van der Waals surface area contributed by atoms with Crippen LogP contribution in [0.5, 0.6) is 0 Å². The molecule has 0 radical (unpaired) electrons. The molecule has 4 nitrogen and oxygen atoms in total. The van der Waals surface area contributed by atoms with Crippen molar-refractivity contribution in [3.05, 3.63) is 16.1 Å². The number of aryl methyl sites for hydroxylation is 1. The lowest BCUT2D eigenvalue weighted by molar-refractivity contribution is 0.0774. The molecule has 0 aromatic carbocycles. The summed E-state index contributed by atoms with van der Waals surface area (Å²) in [5, 5.41) is 8.53. The molecule has 0 spiro atoms. The molecule has 0 aliphatic carbocycles. The van der Waals surface area contributed by atoms with Crippen molar-refractivity contribution in [1.82, 2.24) is 9.88 Å². The highest BCUT2D eigenvalue weighted by Gasteiger charge is 2.05. The van der Waals surface area contributed by atoms with E-state index in [1.54, 1.807) is 11.3 Å². The Morgan fingerprint density at radius 2 is 2.33 bits per heavy atom. The fraction of sp³-hybridized carbons (Fsp3) is 0.700. The van der Waals surface area contributed by atoms with E-state index in [4.69, 9.17) is 9.84 Å². The van der Waals surface area contributed by atoms with E-state index in [-0.39, 0.29) is 6.61 Å². The molecule has 1 aromatic heterocycles. The zero-order valence-corrected chi connectivity index (χ0v) is 10.1. The van der Waals surface area contributed by atoms with Crippen LogP contribution in [0, 0.1) is 6.92 Å². The number of nitrogens with zero attached hydrogens (tertiary/aromatic N) is 2. The summed E-state index contributed by atoms with van der Waals surface area (Å²) in [5.74, 6) is 0. The maximum Gasteiger partial charge on any atom is 0.0798 e. The van der Waals surface area contributed by atoms with Crippen LogP contribution in [0.25, 0.3) is 0 Å². The minimum Gasteiger partial charge on any atom is -0.394 e. The summed E-state index contributed by atoms with van der Waals surface area (Å²) in [4.78, 5) is 7.70. The normalized spacial score (nSPS) is 11.2. The first-order chi connectivity index (χ1) is 7.24. The highest BCUT2D eigenvalue weighted by molar-refractivity contribution is 7.09. The molecule has 0 amide bonds. The molecule has 0 unspecified atom stereocenters. The van der Waals surface area contributed by atoms with Gasteiger partial charge in [0.25, 0.3) is 0 Å². The molecule has 1 N–H and O–H groups in total. The first-order valence-electron chi connectivity index (χ1n) is 5.00. The Bertz CT molecular complexity index is 278. The van der Waals surface area contributed by atoms with Gasteiger partial charge in [-0.2, -0.15) is 0 Å². The highest BCUT2D eigenvalue weighted by atomic mass is 32.1. The van der Waals surface area contributed by atoms with Crippen molar-refractivity contribution in [3.8, 4) is 0 Å². The van der Waals surface area contributed by atoms with Gasteiger partial charge in [-0.3, -0.25) is 4.90 Å². The van der Waals surface area contributed by atoms with Crippen molar-refractivity contribution in [2.24, 2.45) is 0 Å². The predicted octanol–water partition coefficient (Wildman–Crippen LogP) is 0.892. The first-order valence-corrected chi connectivity index (χ1v) is 5.88. The summed E-state index contributed by atoms with van der Waals surface area (Å²) >= 11 is 1.69. The van der Waals surface area contributed by atoms with Crippen LogP contribution in [-0.4, -0.2) is 48.4 Å².